The number of aryl methyl sites for hydroxylation is 1. The predicted octanol–water partition coefficient (Wildman–Crippen LogP) is 3.95. The molecule has 104 valence electrons. The van der Waals surface area contributed by atoms with E-state index in [0.29, 0.717) is 5.88 Å². The van der Waals surface area contributed by atoms with Crippen molar-refractivity contribution < 1.29 is 0 Å². The van der Waals surface area contributed by atoms with Gasteiger partial charge in [0.2, 0.25) is 0 Å². The molecule has 0 radical (unpaired) electrons. The molecule has 2 nitrogen and oxygen atoms in total. The zero-order valence-corrected chi connectivity index (χ0v) is 12.5. The monoisotopic (exact) mass is 286 g/mol. The van der Waals surface area contributed by atoms with Gasteiger partial charge in [-0.3, -0.25) is 0 Å². The molecule has 3 heteroatoms. The Balaban J connectivity index is 1.91. The van der Waals surface area contributed by atoms with Gasteiger partial charge in [-0.1, -0.05) is 31.2 Å². The average molecular weight is 287 g/mol. The van der Waals surface area contributed by atoms with Crippen molar-refractivity contribution in [1.82, 2.24) is 4.98 Å². The van der Waals surface area contributed by atoms with Gasteiger partial charge in [-0.05, 0) is 41.7 Å². The van der Waals surface area contributed by atoms with Crippen LogP contribution in [-0.4, -0.2) is 11.5 Å². The van der Waals surface area contributed by atoms with E-state index < -0.39 is 0 Å². The molecule has 0 N–H and O–H groups in total. The topological polar surface area (TPSA) is 16.1 Å². The van der Waals surface area contributed by atoms with Crippen LogP contribution in [0, 0.1) is 0 Å². The Morgan fingerprint density at radius 1 is 1.20 bits per heavy atom. The third-order valence-corrected chi connectivity index (χ3v) is 4.20. The summed E-state index contributed by atoms with van der Waals surface area (Å²) < 4.78 is 0. The van der Waals surface area contributed by atoms with Crippen LogP contribution in [-0.2, 0) is 25.3 Å². The lowest BCUT2D eigenvalue weighted by molar-refractivity contribution is 0.717. The quantitative estimate of drug-likeness (QED) is 0.795. The van der Waals surface area contributed by atoms with Gasteiger partial charge in [0.1, 0.15) is 5.82 Å². The molecule has 0 amide bonds. The van der Waals surface area contributed by atoms with Gasteiger partial charge < -0.3 is 4.90 Å². The first-order valence-electron chi connectivity index (χ1n) is 7.17. The highest BCUT2D eigenvalue weighted by molar-refractivity contribution is 6.17. The molecular formula is C17H19ClN2. The molecule has 2 aromatic rings. The average Bonchev–Trinajstić information content (AvgIpc) is 2.53. The number of hydrogen-bond acceptors (Lipinski definition) is 2. The molecule has 20 heavy (non-hydrogen) atoms. The van der Waals surface area contributed by atoms with Gasteiger partial charge in [0.15, 0.2) is 0 Å². The predicted molar refractivity (Wildman–Crippen MR) is 84.4 cm³/mol. The number of fused-ring (bicyclic) bond motifs is 1. The zero-order chi connectivity index (χ0) is 13.9. The van der Waals surface area contributed by atoms with Gasteiger partial charge in [0, 0.05) is 24.7 Å². The maximum atomic E-state index is 6.00. The van der Waals surface area contributed by atoms with Gasteiger partial charge in [0.05, 0.1) is 0 Å². The highest BCUT2D eigenvalue weighted by atomic mass is 35.5. The number of pyridine rings is 1. The fraction of sp³-hybridized carbons (Fsp3) is 0.353. The van der Waals surface area contributed by atoms with Gasteiger partial charge in [-0.15, -0.1) is 11.6 Å². The summed E-state index contributed by atoms with van der Waals surface area (Å²) in [5, 5.41) is 0. The fourth-order valence-electron chi connectivity index (χ4n) is 2.74. The largest absolute Gasteiger partial charge is 0.352 e. The van der Waals surface area contributed by atoms with E-state index in [2.05, 4.69) is 48.2 Å². The summed E-state index contributed by atoms with van der Waals surface area (Å²) in [6.45, 7) is 4.10. The van der Waals surface area contributed by atoms with Crippen molar-refractivity contribution >= 4 is 17.4 Å². The molecule has 0 aliphatic carbocycles. The van der Waals surface area contributed by atoms with E-state index in [9.17, 15) is 0 Å². The van der Waals surface area contributed by atoms with Gasteiger partial charge >= 0.3 is 0 Å². The summed E-state index contributed by atoms with van der Waals surface area (Å²) in [4.78, 5) is 7.12. The number of benzene rings is 1. The van der Waals surface area contributed by atoms with E-state index >= 15 is 0 Å². The molecule has 0 unspecified atom stereocenters. The molecule has 1 aromatic heterocycles. The molecule has 0 saturated carbocycles. The summed E-state index contributed by atoms with van der Waals surface area (Å²) >= 11 is 6.00. The van der Waals surface area contributed by atoms with Crippen molar-refractivity contribution in [2.45, 2.75) is 32.2 Å². The van der Waals surface area contributed by atoms with Gasteiger partial charge in [-0.25, -0.2) is 4.98 Å². The number of hydrogen-bond donors (Lipinski definition) is 0. The van der Waals surface area contributed by atoms with Crippen LogP contribution in [0.15, 0.2) is 36.4 Å². The van der Waals surface area contributed by atoms with Crippen LogP contribution in [0.2, 0.25) is 0 Å². The lowest BCUT2D eigenvalue weighted by Crippen LogP contribution is -2.31. The number of anilines is 1. The Morgan fingerprint density at radius 2 is 2.00 bits per heavy atom. The zero-order valence-electron chi connectivity index (χ0n) is 11.8. The summed E-state index contributed by atoms with van der Waals surface area (Å²) in [7, 11) is 0. The summed E-state index contributed by atoms with van der Waals surface area (Å²) in [6.07, 6.45) is 2.03. The van der Waals surface area contributed by atoms with E-state index in [0.717, 1.165) is 43.0 Å². The fourth-order valence-corrected chi connectivity index (χ4v) is 2.90. The highest BCUT2D eigenvalue weighted by Gasteiger charge is 2.17. The minimum Gasteiger partial charge on any atom is -0.352 e. The maximum Gasteiger partial charge on any atom is 0.129 e. The normalized spacial score (nSPS) is 14.2. The molecular weight excluding hydrogens is 268 g/mol. The number of nitrogens with zero attached hydrogens (tertiary/aromatic N) is 2. The van der Waals surface area contributed by atoms with Gasteiger partial charge in [-0.2, -0.15) is 0 Å². The minimum atomic E-state index is 0.549. The second-order valence-corrected chi connectivity index (χ2v) is 5.52. The van der Waals surface area contributed by atoms with E-state index in [1.807, 2.05) is 0 Å². The number of aromatic nitrogens is 1. The minimum absolute atomic E-state index is 0.549. The first-order valence-corrected chi connectivity index (χ1v) is 7.71. The Morgan fingerprint density at radius 3 is 2.75 bits per heavy atom. The van der Waals surface area contributed by atoms with Crippen molar-refractivity contribution in [2.24, 2.45) is 0 Å². The molecule has 0 bridgehead atoms. The summed E-state index contributed by atoms with van der Waals surface area (Å²) in [6, 6.07) is 12.9. The van der Waals surface area contributed by atoms with Crippen molar-refractivity contribution in [3.8, 4) is 0 Å². The van der Waals surface area contributed by atoms with Gasteiger partial charge in [0.25, 0.3) is 0 Å². The van der Waals surface area contributed by atoms with Crippen LogP contribution < -0.4 is 4.90 Å². The second kappa shape index (κ2) is 5.84. The second-order valence-electron chi connectivity index (χ2n) is 5.25. The van der Waals surface area contributed by atoms with Crippen molar-refractivity contribution in [3.63, 3.8) is 0 Å². The molecule has 0 atom stereocenters. The standard InChI is InChI=1S/C17H19ClN2/c1-2-16-9-13(11-18)10-17(19-16)20-8-7-14-5-3-4-6-15(14)12-20/h3-6,9-10H,2,7-8,11-12H2,1H3. The molecule has 1 aliphatic rings. The number of rotatable bonds is 3. The maximum absolute atomic E-state index is 6.00. The lowest BCUT2D eigenvalue weighted by atomic mass is 10.00. The SMILES string of the molecule is CCc1cc(CCl)cc(N2CCc3ccccc3C2)n1. The van der Waals surface area contributed by atoms with E-state index in [1.54, 1.807) is 0 Å². The third-order valence-electron chi connectivity index (χ3n) is 3.90. The van der Waals surface area contributed by atoms with E-state index in [1.165, 1.54) is 11.1 Å². The number of halogens is 1. The summed E-state index contributed by atoms with van der Waals surface area (Å²) in [5.74, 6) is 1.61. The van der Waals surface area contributed by atoms with Crippen LogP contribution in [0.25, 0.3) is 0 Å². The van der Waals surface area contributed by atoms with Crippen LogP contribution in [0.5, 0.6) is 0 Å². The van der Waals surface area contributed by atoms with Crippen molar-refractivity contribution in [3.05, 3.63) is 58.8 Å². The molecule has 1 aliphatic heterocycles. The van der Waals surface area contributed by atoms with Crippen molar-refractivity contribution in [1.29, 1.82) is 0 Å². The van der Waals surface area contributed by atoms with E-state index in [-0.39, 0.29) is 0 Å². The Kier molecular flexibility index (Phi) is 3.93. The van der Waals surface area contributed by atoms with Crippen LogP contribution in [0.1, 0.15) is 29.3 Å². The van der Waals surface area contributed by atoms with Crippen molar-refractivity contribution in [2.75, 3.05) is 11.4 Å². The Bertz CT molecular complexity index is 587. The summed E-state index contributed by atoms with van der Waals surface area (Å²) in [5.41, 5.74) is 5.16. The van der Waals surface area contributed by atoms with Crippen LogP contribution in [0.4, 0.5) is 5.82 Å². The Hall–Kier alpha value is -1.54. The first kappa shape index (κ1) is 13.4. The molecule has 0 fully saturated rings. The van der Waals surface area contributed by atoms with Crippen LogP contribution in [0.3, 0.4) is 0 Å². The molecule has 3 rings (SSSR count). The molecule has 0 spiro atoms. The molecule has 0 saturated heterocycles. The van der Waals surface area contributed by atoms with E-state index in [4.69, 9.17) is 16.6 Å². The first-order chi connectivity index (χ1) is 9.80. The van der Waals surface area contributed by atoms with Crippen LogP contribution >= 0.6 is 11.6 Å². The number of alkyl halides is 1. The molecule has 1 aromatic carbocycles. The lowest BCUT2D eigenvalue weighted by Gasteiger charge is -2.30. The third kappa shape index (κ3) is 2.66. The smallest absolute Gasteiger partial charge is 0.129 e. The molecule has 2 heterocycles. The highest BCUT2D eigenvalue weighted by Crippen LogP contribution is 2.24. The Labute approximate surface area is 125 Å².